The first-order valence-electron chi connectivity index (χ1n) is 14.3. The molecule has 0 bridgehead atoms. The highest BCUT2D eigenvalue weighted by molar-refractivity contribution is 5.95. The molecule has 42 heavy (non-hydrogen) atoms. The van der Waals surface area contributed by atoms with E-state index in [2.05, 4.69) is 11.4 Å². The summed E-state index contributed by atoms with van der Waals surface area (Å²) in [5, 5.41) is 3.05. The van der Waals surface area contributed by atoms with Crippen molar-refractivity contribution in [3.63, 3.8) is 0 Å². The number of halogens is 3. The number of piperidine rings is 1. The van der Waals surface area contributed by atoms with Gasteiger partial charge < -0.3 is 20.7 Å². The summed E-state index contributed by atoms with van der Waals surface area (Å²) in [7, 11) is 0. The zero-order valence-corrected chi connectivity index (χ0v) is 23.8. The number of carbonyl (C=O) groups excluding carboxylic acids is 2. The number of rotatable bonds is 7. The molecule has 0 aromatic heterocycles. The van der Waals surface area contributed by atoms with Crippen LogP contribution in [0.3, 0.4) is 0 Å². The Balaban J connectivity index is 1.28. The summed E-state index contributed by atoms with van der Waals surface area (Å²) in [4.78, 5) is 28.0. The van der Waals surface area contributed by atoms with Gasteiger partial charge in [-0.15, -0.1) is 0 Å². The van der Waals surface area contributed by atoms with Gasteiger partial charge in [0.05, 0.1) is 30.7 Å². The highest BCUT2D eigenvalue weighted by atomic mass is 19.4. The number of benzene rings is 3. The number of likely N-dealkylation sites (tertiary alicyclic amines) is 1. The average Bonchev–Trinajstić information content (AvgIpc) is 2.95. The minimum absolute atomic E-state index is 0.0362. The van der Waals surface area contributed by atoms with Crippen molar-refractivity contribution in [3.8, 4) is 11.1 Å². The molecule has 9 heteroatoms. The Bertz CT molecular complexity index is 1450. The zero-order chi connectivity index (χ0) is 30.0. The fourth-order valence-electron chi connectivity index (χ4n) is 5.78. The Hall–Kier alpha value is -3.69. The van der Waals surface area contributed by atoms with Crippen LogP contribution < -0.4 is 11.1 Å². The van der Waals surface area contributed by atoms with Gasteiger partial charge in [-0.1, -0.05) is 42.0 Å². The van der Waals surface area contributed by atoms with Crippen LogP contribution in [0.4, 0.5) is 13.2 Å². The second-order valence-electron chi connectivity index (χ2n) is 11.4. The Labute approximate surface area is 244 Å². The van der Waals surface area contributed by atoms with Crippen molar-refractivity contribution in [1.82, 2.24) is 10.2 Å². The van der Waals surface area contributed by atoms with Crippen LogP contribution in [0.2, 0.25) is 0 Å². The SMILES string of the molecule is Cc1cc(C(=O)N[C@H](C)c2ccc(-c3cc(C(F)(F)F)ccc3CN)cc2)cc(C2CCCN(C(=O)C3COC3)C2)c1. The summed E-state index contributed by atoms with van der Waals surface area (Å²) in [6.45, 7) is 6.33. The zero-order valence-electron chi connectivity index (χ0n) is 23.8. The lowest BCUT2D eigenvalue weighted by molar-refractivity contribution is -0.151. The number of nitrogens with zero attached hydrogens (tertiary/aromatic N) is 1. The fraction of sp³-hybridized carbons (Fsp3) is 0.394. The van der Waals surface area contributed by atoms with Gasteiger partial charge in [-0.3, -0.25) is 9.59 Å². The van der Waals surface area contributed by atoms with Gasteiger partial charge in [0.1, 0.15) is 0 Å². The van der Waals surface area contributed by atoms with Crippen molar-refractivity contribution in [2.75, 3.05) is 26.3 Å². The molecule has 6 nitrogen and oxygen atoms in total. The van der Waals surface area contributed by atoms with Crippen molar-refractivity contribution in [2.24, 2.45) is 11.7 Å². The number of hydrogen-bond acceptors (Lipinski definition) is 4. The van der Waals surface area contributed by atoms with Gasteiger partial charge in [0.2, 0.25) is 5.91 Å². The molecule has 0 aliphatic carbocycles. The maximum Gasteiger partial charge on any atom is 0.416 e. The van der Waals surface area contributed by atoms with Crippen LogP contribution in [0.15, 0.2) is 60.7 Å². The maximum atomic E-state index is 13.3. The molecule has 0 saturated carbocycles. The van der Waals surface area contributed by atoms with E-state index in [4.69, 9.17) is 10.5 Å². The third-order valence-corrected chi connectivity index (χ3v) is 8.28. The predicted octanol–water partition coefficient (Wildman–Crippen LogP) is 5.98. The lowest BCUT2D eigenvalue weighted by atomic mass is 9.88. The van der Waals surface area contributed by atoms with Gasteiger partial charge in [0.15, 0.2) is 0 Å². The van der Waals surface area contributed by atoms with Gasteiger partial charge in [0, 0.05) is 31.1 Å². The second kappa shape index (κ2) is 12.3. The fourth-order valence-corrected chi connectivity index (χ4v) is 5.78. The van der Waals surface area contributed by atoms with Crippen molar-refractivity contribution < 1.29 is 27.5 Å². The summed E-state index contributed by atoms with van der Waals surface area (Å²) < 4.78 is 45.1. The van der Waals surface area contributed by atoms with Crippen LogP contribution in [0, 0.1) is 12.8 Å². The number of carbonyl (C=O) groups is 2. The van der Waals surface area contributed by atoms with E-state index in [1.165, 1.54) is 6.07 Å². The van der Waals surface area contributed by atoms with Crippen LogP contribution in [0.1, 0.15) is 69.9 Å². The molecule has 3 N–H and O–H groups in total. The second-order valence-corrected chi connectivity index (χ2v) is 11.4. The van der Waals surface area contributed by atoms with Gasteiger partial charge in [0.25, 0.3) is 5.91 Å². The van der Waals surface area contributed by atoms with E-state index < -0.39 is 11.7 Å². The molecule has 5 rings (SSSR count). The first-order chi connectivity index (χ1) is 20.0. The van der Waals surface area contributed by atoms with Crippen molar-refractivity contribution in [1.29, 1.82) is 0 Å². The predicted molar refractivity (Wildman–Crippen MR) is 155 cm³/mol. The molecule has 1 unspecified atom stereocenters. The Kier molecular flexibility index (Phi) is 8.70. The van der Waals surface area contributed by atoms with Gasteiger partial charge >= 0.3 is 6.18 Å². The summed E-state index contributed by atoms with van der Waals surface area (Å²) in [6.07, 6.45) is -2.58. The van der Waals surface area contributed by atoms with E-state index in [1.54, 1.807) is 12.1 Å². The number of nitrogens with two attached hydrogens (primary N) is 1. The number of aryl methyl sites for hydroxylation is 1. The molecule has 2 aliphatic heterocycles. The van der Waals surface area contributed by atoms with Gasteiger partial charge in [-0.05, 0) is 78.8 Å². The van der Waals surface area contributed by atoms with Crippen LogP contribution in [-0.2, 0) is 22.3 Å². The molecule has 0 radical (unpaired) electrons. The summed E-state index contributed by atoms with van der Waals surface area (Å²) in [5.74, 6) is 0.0687. The molecule has 2 aliphatic rings. The molecule has 2 amide bonds. The minimum Gasteiger partial charge on any atom is -0.380 e. The van der Waals surface area contributed by atoms with Crippen molar-refractivity contribution >= 4 is 11.8 Å². The Morgan fingerprint density at radius 1 is 1.07 bits per heavy atom. The molecule has 3 aromatic rings. The first-order valence-corrected chi connectivity index (χ1v) is 14.3. The standard InChI is InChI=1S/C33H36F3N3O3/c1-20-12-26(25-4-3-11-39(17-25)32(41)28-18-42-19-28)14-27(13-20)31(40)38-21(2)22-5-7-23(8-6-22)30-15-29(33(34,35)36)10-9-24(30)16-37/h5-10,12-15,21,25,28H,3-4,11,16-19,37H2,1-2H3,(H,38,40)/t21-,25?/m1/s1. The van der Waals surface area contributed by atoms with E-state index in [0.29, 0.717) is 42.0 Å². The van der Waals surface area contributed by atoms with E-state index >= 15 is 0 Å². The molecule has 3 aromatic carbocycles. The third-order valence-electron chi connectivity index (χ3n) is 8.28. The van der Waals surface area contributed by atoms with E-state index in [9.17, 15) is 22.8 Å². The highest BCUT2D eigenvalue weighted by Gasteiger charge is 2.34. The van der Waals surface area contributed by atoms with Gasteiger partial charge in [-0.2, -0.15) is 13.2 Å². The highest BCUT2D eigenvalue weighted by Crippen LogP contribution is 2.35. The van der Waals surface area contributed by atoms with Crippen LogP contribution in [0.5, 0.6) is 0 Å². The summed E-state index contributed by atoms with van der Waals surface area (Å²) in [6, 6.07) is 16.2. The topological polar surface area (TPSA) is 84.7 Å². The Morgan fingerprint density at radius 2 is 1.81 bits per heavy atom. The number of alkyl halides is 3. The number of amides is 2. The number of ether oxygens (including phenoxy) is 1. The van der Waals surface area contributed by atoms with Crippen molar-refractivity contribution in [3.05, 3.63) is 94.0 Å². The lowest BCUT2D eigenvalue weighted by Gasteiger charge is -2.37. The molecule has 2 saturated heterocycles. The van der Waals surface area contributed by atoms with Crippen LogP contribution >= 0.6 is 0 Å². The largest absolute Gasteiger partial charge is 0.416 e. The molecule has 2 atom stereocenters. The molecular formula is C33H36F3N3O3. The molecule has 2 fully saturated rings. The van der Waals surface area contributed by atoms with Crippen LogP contribution in [0.25, 0.3) is 11.1 Å². The van der Waals surface area contributed by atoms with Gasteiger partial charge in [-0.25, -0.2) is 0 Å². The molecule has 222 valence electrons. The minimum atomic E-state index is -4.45. The molecule has 0 spiro atoms. The number of hydrogen-bond donors (Lipinski definition) is 2. The van der Waals surface area contributed by atoms with E-state index in [0.717, 1.165) is 48.2 Å². The summed E-state index contributed by atoms with van der Waals surface area (Å²) >= 11 is 0. The number of nitrogens with one attached hydrogen (secondary N) is 1. The quantitative estimate of drug-likeness (QED) is 0.361. The van der Waals surface area contributed by atoms with Crippen LogP contribution in [-0.4, -0.2) is 43.0 Å². The maximum absolute atomic E-state index is 13.3. The van der Waals surface area contributed by atoms with E-state index in [1.807, 2.05) is 43.0 Å². The normalized spacial score (nSPS) is 18.3. The third kappa shape index (κ3) is 6.52. The molecular weight excluding hydrogens is 543 g/mol. The van der Waals surface area contributed by atoms with E-state index in [-0.39, 0.29) is 36.2 Å². The first kappa shape index (κ1) is 29.8. The smallest absolute Gasteiger partial charge is 0.380 e. The van der Waals surface area contributed by atoms with Crippen molar-refractivity contribution in [2.45, 2.75) is 51.4 Å². The average molecular weight is 580 g/mol. The monoisotopic (exact) mass is 579 g/mol. The summed E-state index contributed by atoms with van der Waals surface area (Å²) in [5.41, 5.74) is 10.2. The lowest BCUT2D eigenvalue weighted by Crippen LogP contribution is -2.48. The Morgan fingerprint density at radius 3 is 2.45 bits per heavy atom. The molecule has 2 heterocycles.